The molecule has 2 heterocycles. The fourth-order valence-electron chi connectivity index (χ4n) is 2.76. The third kappa shape index (κ3) is 3.27. The molecule has 0 aliphatic carbocycles. The number of fused-ring (bicyclic) bond motifs is 1. The number of benzene rings is 1. The average Bonchev–Trinajstić information content (AvgIpc) is 2.86. The summed E-state index contributed by atoms with van der Waals surface area (Å²) >= 11 is 0. The Morgan fingerprint density at radius 1 is 1.27 bits per heavy atom. The summed E-state index contributed by atoms with van der Waals surface area (Å²) in [6.45, 7) is 3.85. The van der Waals surface area contributed by atoms with Gasteiger partial charge in [-0.3, -0.25) is 4.79 Å². The molecule has 1 saturated heterocycles. The Morgan fingerprint density at radius 2 is 1.95 bits per heavy atom. The Labute approximate surface area is 136 Å². The van der Waals surface area contributed by atoms with E-state index in [-0.39, 0.29) is 18.3 Å². The Hall–Kier alpha value is -1.56. The smallest absolute Gasteiger partial charge is 0.290 e. The monoisotopic (exact) mass is 323 g/mol. The van der Waals surface area contributed by atoms with Crippen molar-refractivity contribution in [1.29, 1.82) is 0 Å². The molecule has 0 bridgehead atoms. The average molecular weight is 324 g/mol. The molecule has 0 saturated carbocycles. The van der Waals surface area contributed by atoms with Gasteiger partial charge < -0.3 is 19.5 Å². The van der Waals surface area contributed by atoms with Crippen LogP contribution < -0.4 is 5.32 Å². The molecule has 6 heteroatoms. The molecule has 22 heavy (non-hydrogen) atoms. The highest BCUT2D eigenvalue weighted by atomic mass is 35.5. The van der Waals surface area contributed by atoms with Crippen LogP contribution in [0, 0.1) is 0 Å². The third-order valence-electron chi connectivity index (χ3n) is 3.77. The molecule has 1 fully saturated rings. The van der Waals surface area contributed by atoms with Gasteiger partial charge in [0.2, 0.25) is 0 Å². The maximum absolute atomic E-state index is 12.8. The van der Waals surface area contributed by atoms with Crippen molar-refractivity contribution >= 4 is 29.3 Å². The predicted octanol–water partition coefficient (Wildman–Crippen LogP) is 1.96. The number of halogens is 1. The normalized spacial score (nSPS) is 15.1. The zero-order chi connectivity index (χ0) is 14.8. The van der Waals surface area contributed by atoms with Gasteiger partial charge in [0, 0.05) is 43.7 Å². The summed E-state index contributed by atoms with van der Waals surface area (Å²) in [5.41, 5.74) is 1.77. The van der Waals surface area contributed by atoms with E-state index in [1.54, 1.807) is 0 Å². The van der Waals surface area contributed by atoms with Gasteiger partial charge in [-0.2, -0.15) is 0 Å². The number of para-hydroxylation sites is 1. The van der Waals surface area contributed by atoms with Gasteiger partial charge in [-0.1, -0.05) is 18.2 Å². The van der Waals surface area contributed by atoms with E-state index in [1.807, 2.05) is 43.3 Å². The molecule has 0 spiro atoms. The Bertz CT molecular complexity index is 648. The summed E-state index contributed by atoms with van der Waals surface area (Å²) in [5.74, 6) is 0.497. The van der Waals surface area contributed by atoms with Crippen molar-refractivity contribution in [1.82, 2.24) is 15.1 Å². The number of rotatable bonds is 3. The van der Waals surface area contributed by atoms with E-state index in [1.165, 1.54) is 0 Å². The molecule has 3 rings (SSSR count). The fraction of sp³-hybridized carbons (Fsp3) is 0.438. The van der Waals surface area contributed by atoms with Crippen LogP contribution in [0.15, 0.2) is 28.7 Å². The minimum absolute atomic E-state index is 0. The highest BCUT2D eigenvalue weighted by Crippen LogP contribution is 2.27. The van der Waals surface area contributed by atoms with E-state index in [0.29, 0.717) is 12.3 Å². The molecular weight excluding hydrogens is 302 g/mol. The van der Waals surface area contributed by atoms with Crippen LogP contribution >= 0.6 is 12.4 Å². The van der Waals surface area contributed by atoms with Crippen LogP contribution in [-0.2, 0) is 6.54 Å². The summed E-state index contributed by atoms with van der Waals surface area (Å²) in [5, 5.41) is 4.29. The maximum atomic E-state index is 12.8. The van der Waals surface area contributed by atoms with Gasteiger partial charge in [0.1, 0.15) is 5.58 Å². The van der Waals surface area contributed by atoms with Crippen molar-refractivity contribution in [3.8, 4) is 0 Å². The van der Waals surface area contributed by atoms with Crippen LogP contribution in [0.25, 0.3) is 11.0 Å². The fourth-order valence-corrected chi connectivity index (χ4v) is 2.76. The second-order valence-corrected chi connectivity index (χ2v) is 5.69. The molecular formula is C16H22ClN3O2. The number of furan rings is 1. The first-order valence-electron chi connectivity index (χ1n) is 7.32. The van der Waals surface area contributed by atoms with Crippen LogP contribution in [0.5, 0.6) is 0 Å². The number of carbonyl (C=O) groups excluding carboxylic acids is 1. The molecule has 1 aromatic heterocycles. The summed E-state index contributed by atoms with van der Waals surface area (Å²) < 4.78 is 5.88. The Kier molecular flexibility index (Phi) is 5.45. The number of piperazine rings is 1. The lowest BCUT2D eigenvalue weighted by molar-refractivity contribution is 0.0703. The zero-order valence-corrected chi connectivity index (χ0v) is 13.8. The summed E-state index contributed by atoms with van der Waals surface area (Å²) in [6, 6.07) is 7.86. The van der Waals surface area contributed by atoms with Crippen LogP contribution in [-0.4, -0.2) is 56.0 Å². The molecule has 0 unspecified atom stereocenters. The predicted molar refractivity (Wildman–Crippen MR) is 89.6 cm³/mol. The zero-order valence-electron chi connectivity index (χ0n) is 13.0. The van der Waals surface area contributed by atoms with E-state index in [0.717, 1.165) is 42.7 Å². The molecule has 1 N–H and O–H groups in total. The maximum Gasteiger partial charge on any atom is 0.290 e. The summed E-state index contributed by atoms with van der Waals surface area (Å²) in [4.78, 5) is 16.7. The largest absolute Gasteiger partial charge is 0.451 e. The van der Waals surface area contributed by atoms with Gasteiger partial charge in [-0.15, -0.1) is 12.4 Å². The van der Waals surface area contributed by atoms with Crippen molar-refractivity contribution < 1.29 is 9.21 Å². The molecule has 1 aliphatic rings. The van der Waals surface area contributed by atoms with Gasteiger partial charge >= 0.3 is 0 Å². The van der Waals surface area contributed by atoms with Gasteiger partial charge in [0.05, 0.1) is 0 Å². The summed E-state index contributed by atoms with van der Waals surface area (Å²) in [6.07, 6.45) is 0. The highest BCUT2D eigenvalue weighted by Gasteiger charge is 2.26. The first kappa shape index (κ1) is 16.8. The van der Waals surface area contributed by atoms with Crippen molar-refractivity contribution in [3.05, 3.63) is 35.6 Å². The molecule has 0 radical (unpaired) electrons. The minimum atomic E-state index is 0. The van der Waals surface area contributed by atoms with Gasteiger partial charge in [-0.05, 0) is 20.2 Å². The van der Waals surface area contributed by atoms with Crippen LogP contribution in [0.1, 0.15) is 16.1 Å². The number of nitrogens with zero attached hydrogens (tertiary/aromatic N) is 2. The Balaban J connectivity index is 0.00000176. The lowest BCUT2D eigenvalue weighted by Crippen LogP contribution is -2.46. The van der Waals surface area contributed by atoms with Crippen molar-refractivity contribution in [3.63, 3.8) is 0 Å². The van der Waals surface area contributed by atoms with Gasteiger partial charge in [0.25, 0.3) is 5.91 Å². The van der Waals surface area contributed by atoms with Crippen molar-refractivity contribution in [2.75, 3.05) is 40.3 Å². The van der Waals surface area contributed by atoms with Crippen molar-refractivity contribution in [2.24, 2.45) is 0 Å². The Morgan fingerprint density at radius 3 is 2.64 bits per heavy atom. The number of nitrogens with one attached hydrogen (secondary N) is 1. The van der Waals surface area contributed by atoms with E-state index in [9.17, 15) is 4.79 Å². The lowest BCUT2D eigenvalue weighted by Gasteiger charge is -2.27. The lowest BCUT2D eigenvalue weighted by atomic mass is 10.1. The molecule has 2 aromatic rings. The first-order chi connectivity index (χ1) is 10.2. The number of amides is 1. The van der Waals surface area contributed by atoms with Crippen LogP contribution in [0.3, 0.4) is 0 Å². The second kappa shape index (κ2) is 7.13. The molecule has 1 amide bonds. The SMILES string of the molecule is CN(C)Cc1c(C(=O)N2CCNCC2)oc2ccccc12.Cl. The van der Waals surface area contributed by atoms with E-state index in [2.05, 4.69) is 10.2 Å². The molecule has 120 valence electrons. The first-order valence-corrected chi connectivity index (χ1v) is 7.32. The van der Waals surface area contributed by atoms with Crippen molar-refractivity contribution in [2.45, 2.75) is 6.54 Å². The quantitative estimate of drug-likeness (QED) is 0.938. The van der Waals surface area contributed by atoms with E-state index < -0.39 is 0 Å². The van der Waals surface area contributed by atoms with E-state index >= 15 is 0 Å². The number of hydrogen-bond donors (Lipinski definition) is 1. The van der Waals surface area contributed by atoms with Gasteiger partial charge in [-0.25, -0.2) is 0 Å². The molecule has 1 aromatic carbocycles. The van der Waals surface area contributed by atoms with Gasteiger partial charge in [0.15, 0.2) is 5.76 Å². The van der Waals surface area contributed by atoms with Crippen LogP contribution in [0.4, 0.5) is 0 Å². The third-order valence-corrected chi connectivity index (χ3v) is 3.77. The standard InChI is InChI=1S/C16H21N3O2.ClH/c1-18(2)11-13-12-5-3-4-6-14(12)21-15(13)16(20)19-9-7-17-8-10-19;/h3-6,17H,7-11H2,1-2H3;1H. The van der Waals surface area contributed by atoms with Crippen LogP contribution in [0.2, 0.25) is 0 Å². The highest BCUT2D eigenvalue weighted by molar-refractivity contribution is 5.99. The second-order valence-electron chi connectivity index (χ2n) is 5.69. The topological polar surface area (TPSA) is 48.7 Å². The molecule has 5 nitrogen and oxygen atoms in total. The molecule has 0 atom stereocenters. The number of carbonyl (C=O) groups is 1. The summed E-state index contributed by atoms with van der Waals surface area (Å²) in [7, 11) is 4.00. The van der Waals surface area contributed by atoms with E-state index in [4.69, 9.17) is 4.42 Å². The molecule has 1 aliphatic heterocycles. The number of hydrogen-bond acceptors (Lipinski definition) is 4. The minimum Gasteiger partial charge on any atom is -0.451 e.